The van der Waals surface area contributed by atoms with Gasteiger partial charge < -0.3 is 0 Å². The number of hydrogen-bond acceptors (Lipinski definition) is 2. The van der Waals surface area contributed by atoms with Crippen LogP contribution in [0.25, 0.3) is 0 Å². The Balaban J connectivity index is 3.30. The van der Waals surface area contributed by atoms with Gasteiger partial charge in [0.2, 0.25) is 0 Å². The lowest BCUT2D eigenvalue weighted by Crippen LogP contribution is -2.03. The number of nitrogens with one attached hydrogen (secondary N) is 1. The Hall–Kier alpha value is -0.830. The molecule has 0 aliphatic rings. The zero-order chi connectivity index (χ0) is 9.19. The Morgan fingerprint density at radius 2 is 2.00 bits per heavy atom. The standard InChI is InChI=1S/C9H13NOS/c1-3-12(10,11)9-7-5-4-6-8(9)2/h4-7,10H,3H2,1-2H3/t12-/m1/s1. The highest BCUT2D eigenvalue weighted by Crippen LogP contribution is 2.15. The lowest BCUT2D eigenvalue weighted by Gasteiger charge is -2.06. The minimum absolute atomic E-state index is 0.387. The molecule has 0 bridgehead atoms. The van der Waals surface area contributed by atoms with Crippen LogP contribution in [0.3, 0.4) is 0 Å². The first-order chi connectivity index (χ1) is 5.58. The van der Waals surface area contributed by atoms with E-state index in [1.54, 1.807) is 13.0 Å². The molecule has 0 spiro atoms. The Morgan fingerprint density at radius 3 is 2.50 bits per heavy atom. The van der Waals surface area contributed by atoms with Gasteiger partial charge in [0.1, 0.15) is 0 Å². The smallest absolute Gasteiger partial charge is 0.0725 e. The van der Waals surface area contributed by atoms with E-state index >= 15 is 0 Å². The zero-order valence-electron chi connectivity index (χ0n) is 7.33. The van der Waals surface area contributed by atoms with Crippen molar-refractivity contribution in [1.29, 1.82) is 4.78 Å². The highest BCUT2D eigenvalue weighted by atomic mass is 32.2. The fourth-order valence-corrected chi connectivity index (χ4v) is 2.28. The van der Waals surface area contributed by atoms with Crippen molar-refractivity contribution < 1.29 is 4.21 Å². The van der Waals surface area contributed by atoms with Crippen LogP contribution in [-0.2, 0) is 9.73 Å². The summed E-state index contributed by atoms with van der Waals surface area (Å²) in [6.07, 6.45) is 0. The van der Waals surface area contributed by atoms with Gasteiger partial charge in [-0.3, -0.25) is 0 Å². The largest absolute Gasteiger partial charge is 0.249 e. The molecule has 0 fully saturated rings. The molecule has 0 heterocycles. The molecule has 1 aromatic rings. The summed E-state index contributed by atoms with van der Waals surface area (Å²) in [5.74, 6) is 0.387. The van der Waals surface area contributed by atoms with Crippen LogP contribution in [0.2, 0.25) is 0 Å². The van der Waals surface area contributed by atoms with E-state index in [2.05, 4.69) is 0 Å². The van der Waals surface area contributed by atoms with Gasteiger partial charge in [-0.25, -0.2) is 8.99 Å². The van der Waals surface area contributed by atoms with Crippen molar-refractivity contribution in [2.45, 2.75) is 18.7 Å². The summed E-state index contributed by atoms with van der Waals surface area (Å²) in [4.78, 5) is 0.674. The summed E-state index contributed by atoms with van der Waals surface area (Å²) in [5.41, 5.74) is 0.944. The molecular formula is C9H13NOS. The lowest BCUT2D eigenvalue weighted by atomic mass is 10.2. The van der Waals surface area contributed by atoms with Gasteiger partial charge >= 0.3 is 0 Å². The van der Waals surface area contributed by atoms with Crippen molar-refractivity contribution in [2.75, 3.05) is 5.75 Å². The minimum Gasteiger partial charge on any atom is -0.249 e. The third-order valence-electron chi connectivity index (χ3n) is 1.86. The van der Waals surface area contributed by atoms with Crippen LogP contribution < -0.4 is 0 Å². The maximum atomic E-state index is 11.6. The van der Waals surface area contributed by atoms with Crippen LogP contribution in [0.4, 0.5) is 0 Å². The first kappa shape index (κ1) is 9.26. The van der Waals surface area contributed by atoms with Gasteiger partial charge in [0.25, 0.3) is 0 Å². The quantitative estimate of drug-likeness (QED) is 0.751. The van der Waals surface area contributed by atoms with E-state index in [0.717, 1.165) is 5.56 Å². The number of aryl methyl sites for hydroxylation is 1. The first-order valence-corrected chi connectivity index (χ1v) is 5.63. The second-order valence-electron chi connectivity index (χ2n) is 2.73. The maximum Gasteiger partial charge on any atom is 0.0725 e. The second kappa shape index (κ2) is 3.27. The van der Waals surface area contributed by atoms with Gasteiger partial charge in [0.05, 0.1) is 14.6 Å². The van der Waals surface area contributed by atoms with E-state index in [0.29, 0.717) is 10.6 Å². The van der Waals surface area contributed by atoms with E-state index in [4.69, 9.17) is 4.78 Å². The predicted molar refractivity (Wildman–Crippen MR) is 50.8 cm³/mol. The summed E-state index contributed by atoms with van der Waals surface area (Å²) < 4.78 is 19.2. The molecule has 0 saturated carbocycles. The van der Waals surface area contributed by atoms with Gasteiger partial charge in [-0.1, -0.05) is 25.1 Å². The zero-order valence-corrected chi connectivity index (χ0v) is 8.15. The van der Waals surface area contributed by atoms with Crippen LogP contribution >= 0.6 is 0 Å². The van der Waals surface area contributed by atoms with Crippen LogP contribution in [-0.4, -0.2) is 9.96 Å². The third kappa shape index (κ3) is 1.67. The Bertz CT molecular complexity index is 368. The molecule has 66 valence electrons. The molecule has 0 unspecified atom stereocenters. The summed E-state index contributed by atoms with van der Waals surface area (Å²) in [7, 11) is -2.53. The monoisotopic (exact) mass is 183 g/mol. The highest BCUT2D eigenvalue weighted by molar-refractivity contribution is 7.92. The molecule has 1 aromatic carbocycles. The van der Waals surface area contributed by atoms with E-state index in [1.165, 1.54) is 0 Å². The molecule has 1 atom stereocenters. The van der Waals surface area contributed by atoms with Crippen LogP contribution in [0.1, 0.15) is 12.5 Å². The Labute approximate surface area is 73.6 Å². The Kier molecular flexibility index (Phi) is 2.52. The fourth-order valence-electron chi connectivity index (χ4n) is 1.08. The van der Waals surface area contributed by atoms with Crippen molar-refractivity contribution in [2.24, 2.45) is 0 Å². The van der Waals surface area contributed by atoms with Crippen molar-refractivity contribution in [3.63, 3.8) is 0 Å². The molecule has 0 amide bonds. The third-order valence-corrected chi connectivity index (χ3v) is 3.84. The molecule has 12 heavy (non-hydrogen) atoms. The van der Waals surface area contributed by atoms with E-state index in [-0.39, 0.29) is 0 Å². The van der Waals surface area contributed by atoms with Crippen molar-refractivity contribution in [3.8, 4) is 0 Å². The van der Waals surface area contributed by atoms with Gasteiger partial charge in [-0.2, -0.15) is 0 Å². The second-order valence-corrected chi connectivity index (χ2v) is 5.10. The van der Waals surface area contributed by atoms with Crippen molar-refractivity contribution in [1.82, 2.24) is 0 Å². The molecule has 0 saturated heterocycles. The van der Waals surface area contributed by atoms with E-state index in [9.17, 15) is 4.21 Å². The highest BCUT2D eigenvalue weighted by Gasteiger charge is 2.08. The molecule has 0 aromatic heterocycles. The predicted octanol–water partition coefficient (Wildman–Crippen LogP) is 2.42. The summed E-state index contributed by atoms with van der Waals surface area (Å²) in [6.45, 7) is 3.67. The van der Waals surface area contributed by atoms with Crippen molar-refractivity contribution in [3.05, 3.63) is 29.8 Å². The van der Waals surface area contributed by atoms with E-state index < -0.39 is 9.73 Å². The molecule has 0 aliphatic carbocycles. The Morgan fingerprint density at radius 1 is 1.42 bits per heavy atom. The topological polar surface area (TPSA) is 40.9 Å². The molecule has 1 N–H and O–H groups in total. The minimum atomic E-state index is -2.53. The fraction of sp³-hybridized carbons (Fsp3) is 0.333. The summed E-state index contributed by atoms with van der Waals surface area (Å²) in [6, 6.07) is 7.38. The van der Waals surface area contributed by atoms with E-state index in [1.807, 2.05) is 25.1 Å². The molecular weight excluding hydrogens is 170 g/mol. The number of rotatable bonds is 2. The molecule has 0 radical (unpaired) electrons. The SMILES string of the molecule is CC[S@@](=N)(=O)c1ccccc1C. The molecule has 0 aliphatic heterocycles. The van der Waals surface area contributed by atoms with Crippen LogP contribution in [0, 0.1) is 11.7 Å². The molecule has 2 nitrogen and oxygen atoms in total. The summed E-state index contributed by atoms with van der Waals surface area (Å²) in [5, 5.41) is 0. The molecule has 3 heteroatoms. The van der Waals surface area contributed by atoms with Crippen LogP contribution in [0.15, 0.2) is 29.2 Å². The average molecular weight is 183 g/mol. The van der Waals surface area contributed by atoms with Gasteiger partial charge in [-0.15, -0.1) is 0 Å². The van der Waals surface area contributed by atoms with Crippen LogP contribution in [0.5, 0.6) is 0 Å². The van der Waals surface area contributed by atoms with Gasteiger partial charge in [0.15, 0.2) is 0 Å². The lowest BCUT2D eigenvalue weighted by molar-refractivity contribution is 0.675. The first-order valence-electron chi connectivity index (χ1n) is 3.90. The normalized spacial score (nSPS) is 15.5. The average Bonchev–Trinajstić information content (AvgIpc) is 2.05. The van der Waals surface area contributed by atoms with Crippen molar-refractivity contribution >= 4 is 9.73 Å². The molecule has 1 rings (SSSR count). The summed E-state index contributed by atoms with van der Waals surface area (Å²) >= 11 is 0. The maximum absolute atomic E-state index is 11.6. The van der Waals surface area contributed by atoms with Gasteiger partial charge in [0, 0.05) is 5.75 Å². The number of benzene rings is 1. The number of hydrogen-bond donors (Lipinski definition) is 1. The van der Waals surface area contributed by atoms with Gasteiger partial charge in [-0.05, 0) is 18.6 Å².